The van der Waals surface area contributed by atoms with E-state index in [1.54, 1.807) is 23.9 Å². The minimum Gasteiger partial charge on any atom is -0.493 e. The van der Waals surface area contributed by atoms with Crippen molar-refractivity contribution in [2.45, 2.75) is 38.0 Å². The summed E-state index contributed by atoms with van der Waals surface area (Å²) in [5, 5.41) is 14.9. The molecule has 0 saturated carbocycles. The van der Waals surface area contributed by atoms with Gasteiger partial charge >= 0.3 is 0 Å². The van der Waals surface area contributed by atoms with Crippen molar-refractivity contribution in [3.05, 3.63) is 40.3 Å². The van der Waals surface area contributed by atoms with Gasteiger partial charge in [-0.25, -0.2) is 8.42 Å². The molecule has 1 fully saturated rings. The van der Waals surface area contributed by atoms with Gasteiger partial charge in [0.05, 0.1) is 42.7 Å². The number of ether oxygens (including phenoxy) is 2. The zero-order valence-electron chi connectivity index (χ0n) is 23.0. The molecule has 39 heavy (non-hydrogen) atoms. The maximum atomic E-state index is 13.8. The van der Waals surface area contributed by atoms with Crippen molar-refractivity contribution in [3.63, 3.8) is 0 Å². The molecular formula is C27H39N5O6S. The number of H-pyrrole nitrogens is 1. The Morgan fingerprint density at radius 1 is 1.15 bits per heavy atom. The molecule has 2 N–H and O–H groups in total. The van der Waals surface area contributed by atoms with Crippen molar-refractivity contribution in [1.82, 2.24) is 24.0 Å². The molecule has 0 radical (unpaired) electrons. The van der Waals surface area contributed by atoms with E-state index in [1.165, 1.54) is 10.4 Å². The summed E-state index contributed by atoms with van der Waals surface area (Å²) in [5.41, 5.74) is 1.93. The van der Waals surface area contributed by atoms with Crippen LogP contribution in [0.3, 0.4) is 0 Å². The topological polar surface area (TPSA) is 130 Å². The molecule has 1 aromatic carbocycles. The number of nitrogens with one attached hydrogen (secondary N) is 1. The highest BCUT2D eigenvalue weighted by molar-refractivity contribution is 7.89. The van der Waals surface area contributed by atoms with Crippen LogP contribution in [-0.4, -0.2) is 96.6 Å². The number of fused-ring (bicyclic) bond motifs is 1. The number of benzene rings is 1. The molecule has 214 valence electrons. The molecule has 1 aliphatic heterocycles. The van der Waals surface area contributed by atoms with Crippen LogP contribution in [0.5, 0.6) is 5.75 Å². The largest absolute Gasteiger partial charge is 0.493 e. The van der Waals surface area contributed by atoms with Gasteiger partial charge in [0.2, 0.25) is 10.0 Å². The van der Waals surface area contributed by atoms with E-state index >= 15 is 0 Å². The summed E-state index contributed by atoms with van der Waals surface area (Å²) in [4.78, 5) is 18.3. The molecule has 12 heteroatoms. The molecule has 11 nitrogen and oxygen atoms in total. The fraction of sp³-hybridized carbons (Fsp3) is 0.556. The summed E-state index contributed by atoms with van der Waals surface area (Å²) in [7, 11) is -2.20. The van der Waals surface area contributed by atoms with Crippen molar-refractivity contribution in [2.24, 2.45) is 7.05 Å². The van der Waals surface area contributed by atoms with Gasteiger partial charge < -0.3 is 19.6 Å². The maximum absolute atomic E-state index is 13.8. The van der Waals surface area contributed by atoms with Crippen LogP contribution in [0.4, 0.5) is 0 Å². The van der Waals surface area contributed by atoms with Crippen LogP contribution in [0.2, 0.25) is 0 Å². The highest BCUT2D eigenvalue weighted by Gasteiger charge is 2.27. The maximum Gasteiger partial charge on any atom is 0.274 e. The lowest BCUT2D eigenvalue weighted by Gasteiger charge is -2.29. The molecule has 1 aliphatic rings. The van der Waals surface area contributed by atoms with Crippen LogP contribution in [0.25, 0.3) is 22.2 Å². The highest BCUT2D eigenvalue weighted by Crippen LogP contribution is 2.33. The Labute approximate surface area is 229 Å². The van der Waals surface area contributed by atoms with Crippen molar-refractivity contribution in [2.75, 3.05) is 59.2 Å². The summed E-state index contributed by atoms with van der Waals surface area (Å²) >= 11 is 0. The van der Waals surface area contributed by atoms with Crippen LogP contribution < -0.4 is 10.3 Å². The first-order valence-corrected chi connectivity index (χ1v) is 15.0. The number of aromatic amines is 1. The summed E-state index contributed by atoms with van der Waals surface area (Å²) in [5.74, 6) is 0.480. The first kappa shape index (κ1) is 29.2. The number of aryl methyl sites for hydroxylation is 2. The van der Waals surface area contributed by atoms with E-state index in [9.17, 15) is 18.3 Å². The number of pyridine rings is 1. The number of hydrogen-bond donors (Lipinski definition) is 2. The summed E-state index contributed by atoms with van der Waals surface area (Å²) < 4.78 is 41.8. The molecular weight excluding hydrogens is 522 g/mol. The van der Waals surface area contributed by atoms with E-state index in [1.807, 2.05) is 13.0 Å². The molecule has 3 heterocycles. The van der Waals surface area contributed by atoms with Crippen LogP contribution in [0.15, 0.2) is 34.0 Å². The number of aromatic nitrogens is 3. The van der Waals surface area contributed by atoms with Crippen LogP contribution in [0, 0.1) is 0 Å². The second kappa shape index (κ2) is 13.1. The summed E-state index contributed by atoms with van der Waals surface area (Å²) in [6.45, 7) is 7.67. The van der Waals surface area contributed by atoms with Gasteiger partial charge in [0, 0.05) is 50.7 Å². The Bertz CT molecular complexity index is 1430. The SMILES string of the molecule is CCCOc1ccc(S(=O)(=O)N(CCO)CCN2CCOCC2)cc1-c1cc2c(CCC)nn(C)c2c(=O)[nH]1. The average Bonchev–Trinajstić information content (AvgIpc) is 3.25. The minimum atomic E-state index is -3.95. The lowest BCUT2D eigenvalue weighted by molar-refractivity contribution is 0.0359. The van der Waals surface area contributed by atoms with Gasteiger partial charge in [-0.3, -0.25) is 14.4 Å². The molecule has 3 aromatic rings. The lowest BCUT2D eigenvalue weighted by atomic mass is 10.1. The number of hydrogen-bond acceptors (Lipinski definition) is 8. The van der Waals surface area contributed by atoms with Crippen molar-refractivity contribution in [3.8, 4) is 17.0 Å². The molecule has 0 atom stereocenters. The van der Waals surface area contributed by atoms with Crippen LogP contribution >= 0.6 is 0 Å². The van der Waals surface area contributed by atoms with Gasteiger partial charge in [0.25, 0.3) is 5.56 Å². The van der Waals surface area contributed by atoms with Gasteiger partial charge in [-0.1, -0.05) is 20.3 Å². The van der Waals surface area contributed by atoms with E-state index in [2.05, 4.69) is 21.9 Å². The molecule has 0 amide bonds. The normalized spacial score (nSPS) is 14.9. The van der Waals surface area contributed by atoms with E-state index in [4.69, 9.17) is 9.47 Å². The van der Waals surface area contributed by atoms with E-state index in [0.717, 1.165) is 37.0 Å². The Morgan fingerprint density at radius 3 is 2.62 bits per heavy atom. The second-order valence-electron chi connectivity index (χ2n) is 9.68. The molecule has 2 aromatic heterocycles. The smallest absolute Gasteiger partial charge is 0.274 e. The quantitative estimate of drug-likeness (QED) is 0.324. The zero-order chi connectivity index (χ0) is 28.0. The molecule has 0 spiro atoms. The minimum absolute atomic E-state index is 0.0189. The van der Waals surface area contributed by atoms with Gasteiger partial charge in [-0.15, -0.1) is 0 Å². The van der Waals surface area contributed by atoms with Crippen LogP contribution in [0.1, 0.15) is 32.4 Å². The number of rotatable bonds is 13. The fourth-order valence-electron chi connectivity index (χ4n) is 4.85. The average molecular weight is 562 g/mol. The number of morpholine rings is 1. The Balaban J connectivity index is 1.76. The molecule has 1 saturated heterocycles. The van der Waals surface area contributed by atoms with Gasteiger partial charge in [0.15, 0.2) is 0 Å². The van der Waals surface area contributed by atoms with Crippen molar-refractivity contribution >= 4 is 20.9 Å². The predicted octanol–water partition coefficient (Wildman–Crippen LogP) is 1.99. The van der Waals surface area contributed by atoms with E-state index in [-0.39, 0.29) is 30.2 Å². The molecule has 4 rings (SSSR count). The van der Waals surface area contributed by atoms with Crippen LogP contribution in [-0.2, 0) is 28.2 Å². The summed E-state index contributed by atoms with van der Waals surface area (Å²) in [6.07, 6.45) is 2.36. The molecule has 0 aliphatic carbocycles. The van der Waals surface area contributed by atoms with E-state index in [0.29, 0.717) is 55.3 Å². The Morgan fingerprint density at radius 2 is 1.92 bits per heavy atom. The van der Waals surface area contributed by atoms with Gasteiger partial charge in [-0.2, -0.15) is 9.40 Å². The first-order chi connectivity index (χ1) is 18.8. The van der Waals surface area contributed by atoms with Gasteiger partial charge in [0.1, 0.15) is 11.3 Å². The van der Waals surface area contributed by atoms with Gasteiger partial charge in [-0.05, 0) is 37.1 Å². The number of aliphatic hydroxyl groups excluding tert-OH is 1. The monoisotopic (exact) mass is 561 g/mol. The lowest BCUT2D eigenvalue weighted by Crippen LogP contribution is -2.43. The third kappa shape index (κ3) is 6.52. The first-order valence-electron chi connectivity index (χ1n) is 13.6. The third-order valence-electron chi connectivity index (χ3n) is 6.86. The molecule has 0 bridgehead atoms. The van der Waals surface area contributed by atoms with E-state index < -0.39 is 10.0 Å². The Hall–Kier alpha value is -2.77. The zero-order valence-corrected chi connectivity index (χ0v) is 23.8. The predicted molar refractivity (Wildman–Crippen MR) is 150 cm³/mol. The third-order valence-corrected chi connectivity index (χ3v) is 8.75. The second-order valence-corrected chi connectivity index (χ2v) is 11.6. The number of sulfonamides is 1. The highest BCUT2D eigenvalue weighted by atomic mass is 32.2. The Kier molecular flexibility index (Phi) is 9.78. The number of aliphatic hydroxyl groups is 1. The van der Waals surface area contributed by atoms with Crippen molar-refractivity contribution in [1.29, 1.82) is 0 Å². The fourth-order valence-corrected chi connectivity index (χ4v) is 6.30. The van der Waals surface area contributed by atoms with Crippen molar-refractivity contribution < 1.29 is 23.0 Å². The standard InChI is InChI=1S/C27H39N5O6S/c1-4-6-23-22-19-24(28-27(34)26(22)30(3)29-23)21-18-20(7-8-25(21)38-15-5-2)39(35,36)32(11-14-33)10-9-31-12-16-37-17-13-31/h7-8,18-19,33H,4-6,9-17H2,1-3H3,(H,28,34). The molecule has 0 unspecified atom stereocenters. The summed E-state index contributed by atoms with van der Waals surface area (Å²) in [6, 6.07) is 6.55. The number of nitrogens with zero attached hydrogens (tertiary/aromatic N) is 4.